The Bertz CT molecular complexity index is 1160. The number of rotatable bonds is 5. The maximum absolute atomic E-state index is 13.3. The third-order valence-electron chi connectivity index (χ3n) is 5.66. The SMILES string of the molecule is N#Cc1ccc(CN2CCN(C(=O)c3ccccc3C(=O)c3ccc(Br)cc3)CC2)cc1. The predicted molar refractivity (Wildman–Crippen MR) is 126 cm³/mol. The van der Waals surface area contributed by atoms with Gasteiger partial charge in [0.1, 0.15) is 0 Å². The van der Waals surface area contributed by atoms with Gasteiger partial charge in [-0.1, -0.05) is 46.3 Å². The molecule has 0 aliphatic carbocycles. The number of hydrogen-bond acceptors (Lipinski definition) is 4. The molecule has 1 amide bonds. The van der Waals surface area contributed by atoms with E-state index in [0.717, 1.165) is 29.7 Å². The maximum atomic E-state index is 13.3. The van der Waals surface area contributed by atoms with E-state index in [1.165, 1.54) is 0 Å². The molecule has 0 aromatic heterocycles. The van der Waals surface area contributed by atoms with Gasteiger partial charge >= 0.3 is 0 Å². The summed E-state index contributed by atoms with van der Waals surface area (Å²) in [5, 5.41) is 8.93. The van der Waals surface area contributed by atoms with Crippen molar-refractivity contribution in [1.29, 1.82) is 5.26 Å². The smallest absolute Gasteiger partial charge is 0.254 e. The molecule has 1 aliphatic heterocycles. The van der Waals surface area contributed by atoms with Crippen LogP contribution >= 0.6 is 15.9 Å². The van der Waals surface area contributed by atoms with Crippen LogP contribution in [0.2, 0.25) is 0 Å². The van der Waals surface area contributed by atoms with Crippen molar-refractivity contribution in [3.05, 3.63) is 105 Å². The Morgan fingerprint density at radius 1 is 0.844 bits per heavy atom. The molecule has 1 saturated heterocycles. The van der Waals surface area contributed by atoms with Gasteiger partial charge in [-0.15, -0.1) is 0 Å². The third kappa shape index (κ3) is 4.96. The molecule has 0 saturated carbocycles. The Morgan fingerprint density at radius 2 is 1.47 bits per heavy atom. The van der Waals surface area contributed by atoms with Gasteiger partial charge in [0.2, 0.25) is 0 Å². The fourth-order valence-corrected chi connectivity index (χ4v) is 4.11. The Kier molecular flexibility index (Phi) is 6.79. The van der Waals surface area contributed by atoms with Crippen LogP contribution in [0.15, 0.2) is 77.3 Å². The number of piperazine rings is 1. The van der Waals surface area contributed by atoms with Crippen LogP contribution in [0.25, 0.3) is 0 Å². The zero-order chi connectivity index (χ0) is 22.5. The highest BCUT2D eigenvalue weighted by atomic mass is 79.9. The number of ketones is 1. The summed E-state index contributed by atoms with van der Waals surface area (Å²) in [6, 6.07) is 23.9. The van der Waals surface area contributed by atoms with Crippen molar-refractivity contribution in [1.82, 2.24) is 9.80 Å². The molecule has 160 valence electrons. The highest BCUT2D eigenvalue weighted by Gasteiger charge is 2.25. The van der Waals surface area contributed by atoms with Gasteiger partial charge in [0.15, 0.2) is 5.78 Å². The normalized spacial score (nSPS) is 14.1. The molecular formula is C26H22BrN3O2. The molecule has 3 aromatic carbocycles. The molecule has 0 bridgehead atoms. The second-order valence-electron chi connectivity index (χ2n) is 7.76. The fraction of sp³-hybridized carbons (Fsp3) is 0.192. The van der Waals surface area contributed by atoms with Gasteiger partial charge in [0.25, 0.3) is 5.91 Å². The first-order valence-corrected chi connectivity index (χ1v) is 11.2. The van der Waals surface area contributed by atoms with E-state index in [2.05, 4.69) is 26.9 Å². The number of carbonyl (C=O) groups excluding carboxylic acids is 2. The van der Waals surface area contributed by atoms with E-state index in [9.17, 15) is 9.59 Å². The first-order chi connectivity index (χ1) is 15.5. The molecule has 1 heterocycles. The molecule has 1 aliphatic rings. The van der Waals surface area contributed by atoms with E-state index < -0.39 is 0 Å². The summed E-state index contributed by atoms with van der Waals surface area (Å²) in [5.41, 5.74) is 3.23. The zero-order valence-electron chi connectivity index (χ0n) is 17.5. The lowest BCUT2D eigenvalue weighted by Gasteiger charge is -2.35. The first-order valence-electron chi connectivity index (χ1n) is 10.4. The van der Waals surface area contributed by atoms with Crippen LogP contribution in [0, 0.1) is 11.3 Å². The van der Waals surface area contributed by atoms with E-state index in [1.54, 1.807) is 36.4 Å². The minimum atomic E-state index is -0.152. The summed E-state index contributed by atoms with van der Waals surface area (Å²) in [4.78, 5) is 30.4. The monoisotopic (exact) mass is 487 g/mol. The molecule has 4 rings (SSSR count). The van der Waals surface area contributed by atoms with Gasteiger partial charge in [-0.25, -0.2) is 0 Å². The van der Waals surface area contributed by atoms with Crippen LogP contribution in [-0.4, -0.2) is 47.7 Å². The van der Waals surface area contributed by atoms with E-state index in [4.69, 9.17) is 5.26 Å². The van der Waals surface area contributed by atoms with Crippen molar-refractivity contribution >= 4 is 27.6 Å². The maximum Gasteiger partial charge on any atom is 0.254 e. The largest absolute Gasteiger partial charge is 0.336 e. The summed E-state index contributed by atoms with van der Waals surface area (Å²) in [6.07, 6.45) is 0. The van der Waals surface area contributed by atoms with E-state index in [1.807, 2.05) is 41.3 Å². The lowest BCUT2D eigenvalue weighted by Crippen LogP contribution is -2.48. The zero-order valence-corrected chi connectivity index (χ0v) is 19.1. The average Bonchev–Trinajstić information content (AvgIpc) is 2.84. The quantitative estimate of drug-likeness (QED) is 0.496. The minimum absolute atomic E-state index is 0.107. The van der Waals surface area contributed by atoms with Crippen LogP contribution in [0.1, 0.15) is 37.4 Å². The number of benzene rings is 3. The van der Waals surface area contributed by atoms with Crippen molar-refractivity contribution < 1.29 is 9.59 Å². The number of nitrogens with zero attached hydrogens (tertiary/aromatic N) is 3. The van der Waals surface area contributed by atoms with Gasteiger partial charge in [-0.2, -0.15) is 5.26 Å². The second-order valence-corrected chi connectivity index (χ2v) is 8.67. The van der Waals surface area contributed by atoms with Gasteiger partial charge in [0.05, 0.1) is 17.2 Å². The fourth-order valence-electron chi connectivity index (χ4n) is 3.85. The highest BCUT2D eigenvalue weighted by Crippen LogP contribution is 2.20. The molecule has 0 atom stereocenters. The van der Waals surface area contributed by atoms with E-state index in [0.29, 0.717) is 35.3 Å². The van der Waals surface area contributed by atoms with E-state index >= 15 is 0 Å². The second kappa shape index (κ2) is 9.90. The standard InChI is InChI=1S/C26H22BrN3O2/c27-22-11-9-21(10-12-22)25(31)23-3-1-2-4-24(23)26(32)30-15-13-29(14-16-30)18-20-7-5-19(17-28)6-8-20/h1-12H,13-16,18H2. The highest BCUT2D eigenvalue weighted by molar-refractivity contribution is 9.10. The van der Waals surface area contributed by atoms with Crippen LogP contribution in [0.3, 0.4) is 0 Å². The predicted octanol–water partition coefficient (Wildman–Crippen LogP) is 4.51. The Morgan fingerprint density at radius 3 is 2.09 bits per heavy atom. The lowest BCUT2D eigenvalue weighted by atomic mass is 9.97. The molecule has 1 fully saturated rings. The molecule has 6 heteroatoms. The Balaban J connectivity index is 1.43. The summed E-state index contributed by atoms with van der Waals surface area (Å²) in [5.74, 6) is -0.259. The van der Waals surface area contributed by atoms with Crippen molar-refractivity contribution in [3.63, 3.8) is 0 Å². The lowest BCUT2D eigenvalue weighted by molar-refractivity contribution is 0.0625. The van der Waals surface area contributed by atoms with Crippen molar-refractivity contribution in [2.45, 2.75) is 6.54 Å². The van der Waals surface area contributed by atoms with Gasteiger partial charge < -0.3 is 4.90 Å². The molecule has 0 radical (unpaired) electrons. The third-order valence-corrected chi connectivity index (χ3v) is 6.19. The molecule has 5 nitrogen and oxygen atoms in total. The molecule has 32 heavy (non-hydrogen) atoms. The molecule has 3 aromatic rings. The summed E-state index contributed by atoms with van der Waals surface area (Å²) < 4.78 is 0.900. The van der Waals surface area contributed by atoms with Crippen LogP contribution < -0.4 is 0 Å². The Labute approximate surface area is 196 Å². The van der Waals surface area contributed by atoms with Gasteiger partial charge in [-0.05, 0) is 48.0 Å². The average molecular weight is 488 g/mol. The molecular weight excluding hydrogens is 466 g/mol. The summed E-state index contributed by atoms with van der Waals surface area (Å²) in [7, 11) is 0. The topological polar surface area (TPSA) is 64.4 Å². The minimum Gasteiger partial charge on any atom is -0.336 e. The number of amides is 1. The number of nitriles is 1. The molecule has 0 N–H and O–H groups in total. The van der Waals surface area contributed by atoms with Crippen LogP contribution in [-0.2, 0) is 6.54 Å². The van der Waals surface area contributed by atoms with Gasteiger partial charge in [0, 0.05) is 48.3 Å². The van der Waals surface area contributed by atoms with Crippen LogP contribution in [0.5, 0.6) is 0 Å². The number of hydrogen-bond donors (Lipinski definition) is 0. The Hall–Kier alpha value is -3.27. The number of halogens is 1. The van der Waals surface area contributed by atoms with Gasteiger partial charge in [-0.3, -0.25) is 14.5 Å². The van der Waals surface area contributed by atoms with Crippen LogP contribution in [0.4, 0.5) is 0 Å². The first kappa shape index (κ1) is 21.9. The van der Waals surface area contributed by atoms with Crippen molar-refractivity contribution in [2.24, 2.45) is 0 Å². The molecule has 0 spiro atoms. The van der Waals surface area contributed by atoms with Crippen molar-refractivity contribution in [2.75, 3.05) is 26.2 Å². The van der Waals surface area contributed by atoms with Crippen molar-refractivity contribution in [3.8, 4) is 6.07 Å². The number of carbonyl (C=O) groups is 2. The summed E-state index contributed by atoms with van der Waals surface area (Å²) >= 11 is 3.38. The summed E-state index contributed by atoms with van der Waals surface area (Å²) in [6.45, 7) is 3.52. The molecule has 0 unspecified atom stereocenters. The van der Waals surface area contributed by atoms with E-state index in [-0.39, 0.29) is 11.7 Å².